The number of nitrogens with zero attached hydrogens (tertiary/aromatic N) is 2. The molecule has 1 heterocycles. The normalized spacial score (nSPS) is 15.4. The van der Waals surface area contributed by atoms with Gasteiger partial charge in [0.05, 0.1) is 0 Å². The molecule has 5 heteroatoms. The molecule has 0 unspecified atom stereocenters. The zero-order chi connectivity index (χ0) is 13.7. The topological polar surface area (TPSA) is 66.6 Å². The van der Waals surface area contributed by atoms with Crippen LogP contribution in [0.2, 0.25) is 0 Å². The van der Waals surface area contributed by atoms with E-state index in [4.69, 9.17) is 5.73 Å². The lowest BCUT2D eigenvalue weighted by Gasteiger charge is -2.33. The zero-order valence-corrected chi connectivity index (χ0v) is 10.9. The number of aryl methyl sites for hydroxylation is 1. The lowest BCUT2D eigenvalue weighted by Crippen LogP contribution is -2.52. The summed E-state index contributed by atoms with van der Waals surface area (Å²) in [6.07, 6.45) is 1.27. The fourth-order valence-corrected chi connectivity index (χ4v) is 2.23. The van der Waals surface area contributed by atoms with Gasteiger partial charge in [-0.2, -0.15) is 0 Å². The van der Waals surface area contributed by atoms with Crippen molar-refractivity contribution >= 4 is 11.9 Å². The van der Waals surface area contributed by atoms with Gasteiger partial charge in [0.1, 0.15) is 0 Å². The summed E-state index contributed by atoms with van der Waals surface area (Å²) in [5.74, 6) is 0.146. The van der Waals surface area contributed by atoms with Gasteiger partial charge in [-0.3, -0.25) is 4.79 Å². The van der Waals surface area contributed by atoms with Gasteiger partial charge in [0, 0.05) is 32.6 Å². The maximum absolute atomic E-state index is 12.0. The lowest BCUT2D eigenvalue weighted by atomic mass is 10.1. The van der Waals surface area contributed by atoms with Crippen molar-refractivity contribution in [1.29, 1.82) is 0 Å². The molecule has 1 aromatic carbocycles. The number of carbonyl (C=O) groups is 2. The van der Waals surface area contributed by atoms with Crippen molar-refractivity contribution in [3.05, 3.63) is 35.9 Å². The molecule has 0 saturated carbocycles. The van der Waals surface area contributed by atoms with Gasteiger partial charge in [-0.1, -0.05) is 30.3 Å². The minimum atomic E-state index is -0.406. The summed E-state index contributed by atoms with van der Waals surface area (Å²) in [4.78, 5) is 26.4. The Balaban J connectivity index is 1.77. The Morgan fingerprint density at radius 3 is 2.16 bits per heavy atom. The van der Waals surface area contributed by atoms with Crippen molar-refractivity contribution in [3.63, 3.8) is 0 Å². The molecule has 1 saturated heterocycles. The molecule has 0 spiro atoms. The summed E-state index contributed by atoms with van der Waals surface area (Å²) < 4.78 is 0. The number of urea groups is 1. The number of benzene rings is 1. The highest BCUT2D eigenvalue weighted by atomic mass is 16.2. The highest BCUT2D eigenvalue weighted by Gasteiger charge is 2.22. The SMILES string of the molecule is NC(=O)N1CCN(C(=O)CCc2ccccc2)CC1. The summed E-state index contributed by atoms with van der Waals surface area (Å²) in [5.41, 5.74) is 6.38. The van der Waals surface area contributed by atoms with Crippen LogP contribution in [0.4, 0.5) is 4.79 Å². The van der Waals surface area contributed by atoms with Crippen LogP contribution < -0.4 is 5.73 Å². The molecule has 0 bridgehead atoms. The molecule has 102 valence electrons. The number of hydrogen-bond donors (Lipinski definition) is 1. The van der Waals surface area contributed by atoms with E-state index in [1.807, 2.05) is 35.2 Å². The van der Waals surface area contributed by atoms with E-state index in [0.717, 1.165) is 6.42 Å². The summed E-state index contributed by atoms with van der Waals surface area (Å²) >= 11 is 0. The maximum atomic E-state index is 12.0. The van der Waals surface area contributed by atoms with E-state index >= 15 is 0 Å². The molecule has 5 nitrogen and oxygen atoms in total. The zero-order valence-electron chi connectivity index (χ0n) is 10.9. The standard InChI is InChI=1S/C14H19N3O2/c15-14(19)17-10-8-16(9-11-17)13(18)7-6-12-4-2-1-3-5-12/h1-5H,6-11H2,(H2,15,19). The van der Waals surface area contributed by atoms with Crippen LogP contribution in [0.3, 0.4) is 0 Å². The number of primary amides is 1. The third-order valence-corrected chi connectivity index (χ3v) is 3.41. The van der Waals surface area contributed by atoms with Gasteiger partial charge < -0.3 is 15.5 Å². The summed E-state index contributed by atoms with van der Waals surface area (Å²) in [5, 5.41) is 0. The summed E-state index contributed by atoms with van der Waals surface area (Å²) in [7, 11) is 0. The van der Waals surface area contributed by atoms with Crippen LogP contribution in [0.5, 0.6) is 0 Å². The van der Waals surface area contributed by atoms with E-state index in [0.29, 0.717) is 32.6 Å². The lowest BCUT2D eigenvalue weighted by molar-refractivity contribution is -0.132. The molecule has 0 aliphatic carbocycles. The Bertz CT molecular complexity index is 439. The summed E-state index contributed by atoms with van der Waals surface area (Å²) in [6.45, 7) is 2.23. The highest BCUT2D eigenvalue weighted by molar-refractivity contribution is 5.77. The number of rotatable bonds is 3. The van der Waals surface area contributed by atoms with Crippen LogP contribution >= 0.6 is 0 Å². The number of piperazine rings is 1. The number of carbonyl (C=O) groups excluding carboxylic acids is 2. The van der Waals surface area contributed by atoms with Gasteiger partial charge in [0.2, 0.25) is 5.91 Å². The van der Waals surface area contributed by atoms with Crippen molar-refractivity contribution in [3.8, 4) is 0 Å². The van der Waals surface area contributed by atoms with E-state index in [9.17, 15) is 9.59 Å². The Morgan fingerprint density at radius 2 is 1.58 bits per heavy atom. The first-order chi connectivity index (χ1) is 9.16. The number of hydrogen-bond acceptors (Lipinski definition) is 2. The van der Waals surface area contributed by atoms with Gasteiger partial charge in [0.15, 0.2) is 0 Å². The van der Waals surface area contributed by atoms with E-state index in [-0.39, 0.29) is 5.91 Å². The number of amides is 3. The first-order valence-corrected chi connectivity index (χ1v) is 6.53. The Hall–Kier alpha value is -2.04. The van der Waals surface area contributed by atoms with Crippen LogP contribution in [0.1, 0.15) is 12.0 Å². The van der Waals surface area contributed by atoms with Crippen LogP contribution in [-0.4, -0.2) is 47.9 Å². The third-order valence-electron chi connectivity index (χ3n) is 3.41. The quantitative estimate of drug-likeness (QED) is 0.876. The number of nitrogens with two attached hydrogens (primary N) is 1. The van der Waals surface area contributed by atoms with Gasteiger partial charge in [0.25, 0.3) is 0 Å². The van der Waals surface area contributed by atoms with Gasteiger partial charge in [-0.15, -0.1) is 0 Å². The van der Waals surface area contributed by atoms with Crippen LogP contribution in [-0.2, 0) is 11.2 Å². The van der Waals surface area contributed by atoms with E-state index in [2.05, 4.69) is 0 Å². The van der Waals surface area contributed by atoms with Crippen molar-refractivity contribution in [2.45, 2.75) is 12.8 Å². The van der Waals surface area contributed by atoms with Crippen molar-refractivity contribution < 1.29 is 9.59 Å². The molecular weight excluding hydrogens is 242 g/mol. The molecule has 19 heavy (non-hydrogen) atoms. The van der Waals surface area contributed by atoms with Crippen molar-refractivity contribution in [1.82, 2.24) is 9.80 Å². The molecule has 1 aliphatic heterocycles. The van der Waals surface area contributed by atoms with Gasteiger partial charge in [-0.25, -0.2) is 4.79 Å². The fraction of sp³-hybridized carbons (Fsp3) is 0.429. The predicted octanol–water partition coefficient (Wildman–Crippen LogP) is 0.842. The van der Waals surface area contributed by atoms with Gasteiger partial charge in [-0.05, 0) is 12.0 Å². The van der Waals surface area contributed by atoms with Crippen molar-refractivity contribution in [2.75, 3.05) is 26.2 Å². The minimum Gasteiger partial charge on any atom is -0.351 e. The molecule has 2 N–H and O–H groups in total. The smallest absolute Gasteiger partial charge is 0.314 e. The average molecular weight is 261 g/mol. The second-order valence-corrected chi connectivity index (χ2v) is 4.69. The average Bonchev–Trinajstić information content (AvgIpc) is 2.46. The molecule has 0 aromatic heterocycles. The second kappa shape index (κ2) is 6.22. The van der Waals surface area contributed by atoms with E-state index in [1.165, 1.54) is 5.56 Å². The van der Waals surface area contributed by atoms with Crippen molar-refractivity contribution in [2.24, 2.45) is 5.73 Å². The highest BCUT2D eigenvalue weighted by Crippen LogP contribution is 2.07. The summed E-state index contributed by atoms with van der Waals surface area (Å²) in [6, 6.07) is 9.57. The molecule has 3 amide bonds. The first-order valence-electron chi connectivity index (χ1n) is 6.53. The fourth-order valence-electron chi connectivity index (χ4n) is 2.23. The maximum Gasteiger partial charge on any atom is 0.314 e. The largest absolute Gasteiger partial charge is 0.351 e. The molecular formula is C14H19N3O2. The van der Waals surface area contributed by atoms with E-state index < -0.39 is 6.03 Å². The van der Waals surface area contributed by atoms with E-state index in [1.54, 1.807) is 4.90 Å². The predicted molar refractivity (Wildman–Crippen MR) is 72.5 cm³/mol. The second-order valence-electron chi connectivity index (χ2n) is 4.69. The Labute approximate surface area is 113 Å². The molecule has 2 rings (SSSR count). The van der Waals surface area contributed by atoms with Gasteiger partial charge >= 0.3 is 6.03 Å². The van der Waals surface area contributed by atoms with Crippen LogP contribution in [0.25, 0.3) is 0 Å². The monoisotopic (exact) mass is 261 g/mol. The molecule has 1 fully saturated rings. The molecule has 1 aliphatic rings. The minimum absolute atomic E-state index is 0.146. The molecule has 0 radical (unpaired) electrons. The Morgan fingerprint density at radius 1 is 1.00 bits per heavy atom. The molecule has 1 aromatic rings. The van der Waals surface area contributed by atoms with Crippen LogP contribution in [0.15, 0.2) is 30.3 Å². The Kier molecular flexibility index (Phi) is 4.39. The molecule has 0 atom stereocenters. The first kappa shape index (κ1) is 13.4. The van der Waals surface area contributed by atoms with Crippen LogP contribution in [0, 0.1) is 0 Å². The third kappa shape index (κ3) is 3.71.